The first-order valence-electron chi connectivity index (χ1n) is 6.45. The molecule has 1 aromatic carbocycles. The minimum absolute atomic E-state index is 0.599. The van der Waals surface area contributed by atoms with Gasteiger partial charge in [-0.15, -0.1) is 5.10 Å². The molecule has 2 aromatic heterocycles. The first kappa shape index (κ1) is 12.4. The van der Waals surface area contributed by atoms with Gasteiger partial charge in [0.1, 0.15) is 0 Å². The maximum Gasteiger partial charge on any atom is 0.233 e. The molecule has 0 spiro atoms. The van der Waals surface area contributed by atoms with Crippen LogP contribution in [0.1, 0.15) is 11.3 Å². The maximum atomic E-state index is 5.23. The summed E-state index contributed by atoms with van der Waals surface area (Å²) < 4.78 is 7.06. The van der Waals surface area contributed by atoms with Gasteiger partial charge in [0, 0.05) is 18.7 Å². The molecule has 20 heavy (non-hydrogen) atoms. The predicted molar refractivity (Wildman–Crippen MR) is 77.2 cm³/mol. The van der Waals surface area contributed by atoms with Crippen molar-refractivity contribution in [3.8, 4) is 11.7 Å². The molecule has 0 aliphatic heterocycles. The summed E-state index contributed by atoms with van der Waals surface area (Å²) in [7, 11) is 1.62. The molecule has 0 radical (unpaired) electrons. The standard InChI is InChI=1S/C16H15N3O/c1-20-16-12-14(11-13-7-3-2-4-8-13)19(18-16)15-9-5-6-10-17-15/h2-10,12H,11H2,1H3. The highest BCUT2D eigenvalue weighted by Gasteiger charge is 2.11. The van der Waals surface area contributed by atoms with Crippen LogP contribution < -0.4 is 4.74 Å². The van der Waals surface area contributed by atoms with E-state index in [9.17, 15) is 0 Å². The smallest absolute Gasteiger partial charge is 0.233 e. The van der Waals surface area contributed by atoms with Crippen LogP contribution in [0, 0.1) is 0 Å². The number of methoxy groups -OCH3 is 1. The van der Waals surface area contributed by atoms with E-state index in [2.05, 4.69) is 22.2 Å². The lowest BCUT2D eigenvalue weighted by atomic mass is 10.1. The molecule has 3 rings (SSSR count). The lowest BCUT2D eigenvalue weighted by Gasteiger charge is -2.05. The number of aromatic nitrogens is 3. The SMILES string of the molecule is COc1cc(Cc2ccccc2)n(-c2ccccn2)n1. The highest BCUT2D eigenvalue weighted by Crippen LogP contribution is 2.18. The van der Waals surface area contributed by atoms with E-state index in [0.29, 0.717) is 5.88 Å². The minimum Gasteiger partial charge on any atom is -0.480 e. The maximum absolute atomic E-state index is 5.23. The summed E-state index contributed by atoms with van der Waals surface area (Å²) in [5.41, 5.74) is 2.28. The zero-order valence-electron chi connectivity index (χ0n) is 11.2. The Morgan fingerprint density at radius 3 is 2.55 bits per heavy atom. The molecule has 4 heteroatoms. The van der Waals surface area contributed by atoms with Gasteiger partial charge in [-0.25, -0.2) is 9.67 Å². The highest BCUT2D eigenvalue weighted by atomic mass is 16.5. The third kappa shape index (κ3) is 2.54. The Bertz CT molecular complexity index is 677. The zero-order chi connectivity index (χ0) is 13.8. The minimum atomic E-state index is 0.599. The van der Waals surface area contributed by atoms with Crippen LogP contribution in [-0.4, -0.2) is 21.9 Å². The number of ether oxygens (including phenoxy) is 1. The Hall–Kier alpha value is -2.62. The highest BCUT2D eigenvalue weighted by molar-refractivity contribution is 5.31. The third-order valence-electron chi connectivity index (χ3n) is 3.06. The van der Waals surface area contributed by atoms with E-state index in [4.69, 9.17) is 4.74 Å². The molecule has 100 valence electrons. The first-order chi connectivity index (χ1) is 9.86. The Balaban J connectivity index is 2.00. The van der Waals surface area contributed by atoms with E-state index in [-0.39, 0.29) is 0 Å². The summed E-state index contributed by atoms with van der Waals surface area (Å²) in [6, 6.07) is 18.0. The van der Waals surface area contributed by atoms with Gasteiger partial charge in [0.2, 0.25) is 5.88 Å². The van der Waals surface area contributed by atoms with Crippen LogP contribution in [0.4, 0.5) is 0 Å². The van der Waals surface area contributed by atoms with Gasteiger partial charge < -0.3 is 4.74 Å². The fraction of sp³-hybridized carbons (Fsp3) is 0.125. The van der Waals surface area contributed by atoms with Gasteiger partial charge >= 0.3 is 0 Å². The topological polar surface area (TPSA) is 39.9 Å². The van der Waals surface area contributed by atoms with Gasteiger partial charge in [-0.1, -0.05) is 36.4 Å². The van der Waals surface area contributed by atoms with E-state index >= 15 is 0 Å². The van der Waals surface area contributed by atoms with Gasteiger partial charge in [0.15, 0.2) is 5.82 Å². The van der Waals surface area contributed by atoms with Crippen molar-refractivity contribution in [3.63, 3.8) is 0 Å². The molecule has 0 saturated carbocycles. The fourth-order valence-electron chi connectivity index (χ4n) is 2.10. The van der Waals surface area contributed by atoms with Crippen molar-refractivity contribution in [1.82, 2.24) is 14.8 Å². The molecular formula is C16H15N3O. The molecule has 0 fully saturated rings. The lowest BCUT2D eigenvalue weighted by molar-refractivity contribution is 0.394. The molecule has 0 atom stereocenters. The van der Waals surface area contributed by atoms with Crippen molar-refractivity contribution >= 4 is 0 Å². The van der Waals surface area contributed by atoms with Gasteiger partial charge in [0.05, 0.1) is 12.8 Å². The van der Waals surface area contributed by atoms with E-state index < -0.39 is 0 Å². The van der Waals surface area contributed by atoms with Crippen LogP contribution in [0.15, 0.2) is 60.8 Å². The number of rotatable bonds is 4. The van der Waals surface area contributed by atoms with Gasteiger partial charge in [-0.3, -0.25) is 0 Å². The second-order valence-corrected chi connectivity index (χ2v) is 4.44. The molecule has 4 nitrogen and oxygen atoms in total. The van der Waals surface area contributed by atoms with Crippen LogP contribution in [-0.2, 0) is 6.42 Å². The zero-order valence-corrected chi connectivity index (χ0v) is 11.2. The molecule has 3 aromatic rings. The molecule has 0 bridgehead atoms. The molecule has 2 heterocycles. The quantitative estimate of drug-likeness (QED) is 0.728. The van der Waals surface area contributed by atoms with Crippen LogP contribution in [0.5, 0.6) is 5.88 Å². The van der Waals surface area contributed by atoms with Crippen LogP contribution in [0.3, 0.4) is 0 Å². The molecule has 0 aliphatic carbocycles. The number of nitrogens with zero attached hydrogens (tertiary/aromatic N) is 3. The molecular weight excluding hydrogens is 250 g/mol. The van der Waals surface area contributed by atoms with Crippen molar-refractivity contribution < 1.29 is 4.74 Å². The van der Waals surface area contributed by atoms with E-state index in [0.717, 1.165) is 17.9 Å². The normalized spacial score (nSPS) is 10.4. The van der Waals surface area contributed by atoms with Crippen LogP contribution in [0.2, 0.25) is 0 Å². The van der Waals surface area contributed by atoms with Crippen molar-refractivity contribution in [2.75, 3.05) is 7.11 Å². The summed E-state index contributed by atoms with van der Waals surface area (Å²) in [6.45, 7) is 0. The van der Waals surface area contributed by atoms with Crippen molar-refractivity contribution in [2.24, 2.45) is 0 Å². The van der Waals surface area contributed by atoms with E-state index in [1.807, 2.05) is 47.1 Å². The number of pyridine rings is 1. The molecule has 0 amide bonds. The number of hydrogen-bond acceptors (Lipinski definition) is 3. The molecule has 0 aliphatic rings. The average Bonchev–Trinajstić information content (AvgIpc) is 2.92. The summed E-state index contributed by atoms with van der Waals surface area (Å²) in [5, 5.41) is 4.43. The van der Waals surface area contributed by atoms with Crippen molar-refractivity contribution in [2.45, 2.75) is 6.42 Å². The number of hydrogen-bond donors (Lipinski definition) is 0. The number of benzene rings is 1. The van der Waals surface area contributed by atoms with Gasteiger partial charge in [0.25, 0.3) is 0 Å². The molecule has 0 N–H and O–H groups in total. The first-order valence-corrected chi connectivity index (χ1v) is 6.45. The van der Waals surface area contributed by atoms with Crippen LogP contribution in [0.25, 0.3) is 5.82 Å². The monoisotopic (exact) mass is 265 g/mol. The molecule has 0 unspecified atom stereocenters. The predicted octanol–water partition coefficient (Wildman–Crippen LogP) is 2.87. The van der Waals surface area contributed by atoms with Crippen LogP contribution >= 0.6 is 0 Å². The molecule has 0 saturated heterocycles. The summed E-state index contributed by atoms with van der Waals surface area (Å²) in [6.07, 6.45) is 2.55. The van der Waals surface area contributed by atoms with Gasteiger partial charge in [-0.05, 0) is 17.7 Å². The summed E-state index contributed by atoms with van der Waals surface area (Å²) in [5.74, 6) is 1.39. The Kier molecular flexibility index (Phi) is 3.46. The second kappa shape index (κ2) is 5.57. The van der Waals surface area contributed by atoms with Gasteiger partial charge in [-0.2, -0.15) is 0 Å². The Morgan fingerprint density at radius 1 is 1.05 bits per heavy atom. The average molecular weight is 265 g/mol. The Labute approximate surface area is 117 Å². The largest absolute Gasteiger partial charge is 0.480 e. The summed E-state index contributed by atoms with van der Waals surface area (Å²) in [4.78, 5) is 4.34. The Morgan fingerprint density at radius 2 is 1.85 bits per heavy atom. The van der Waals surface area contributed by atoms with E-state index in [1.165, 1.54) is 5.56 Å². The third-order valence-corrected chi connectivity index (χ3v) is 3.06. The van der Waals surface area contributed by atoms with E-state index in [1.54, 1.807) is 13.3 Å². The van der Waals surface area contributed by atoms with Crippen molar-refractivity contribution in [1.29, 1.82) is 0 Å². The lowest BCUT2D eigenvalue weighted by Crippen LogP contribution is -2.04. The van der Waals surface area contributed by atoms with Crippen molar-refractivity contribution in [3.05, 3.63) is 72.1 Å². The summed E-state index contributed by atoms with van der Waals surface area (Å²) >= 11 is 0. The second-order valence-electron chi connectivity index (χ2n) is 4.44. The fourth-order valence-corrected chi connectivity index (χ4v) is 2.10.